The molecule has 6 aromatic carbocycles. The first-order chi connectivity index (χ1) is 23.7. The van der Waals surface area contributed by atoms with Crippen LogP contribution in [0.4, 0.5) is 17.1 Å². The van der Waals surface area contributed by atoms with E-state index in [0.717, 1.165) is 45.9 Å². The second kappa shape index (κ2) is 14.4. The number of carbonyl (C=O) groups is 2. The first-order valence-electron chi connectivity index (χ1n) is 16.4. The number of nitrogens with zero attached hydrogens (tertiary/aromatic N) is 1. The first-order valence-corrected chi connectivity index (χ1v) is 16.4. The van der Waals surface area contributed by atoms with E-state index in [1.54, 1.807) is 13.8 Å². The molecule has 2 unspecified atom stereocenters. The molecular weight excluding hydrogens is 606 g/mol. The summed E-state index contributed by atoms with van der Waals surface area (Å²) in [6.45, 7) is 12.7. The van der Waals surface area contributed by atoms with Gasteiger partial charge in [0.1, 0.15) is 12.2 Å². The van der Waals surface area contributed by atoms with Gasteiger partial charge in [0.2, 0.25) is 0 Å². The third-order valence-corrected chi connectivity index (χ3v) is 8.96. The minimum Gasteiger partial charge on any atom is -0.459 e. The standard InChI is InChI=1S/C44H39NO4/c1-6-42(46)48-30(4)44(31(5)49-43(47)7-2)34-19-17-32(18-20-34)33-21-25-39(26-22-33)45(38-23-15-29(3)16-24-38)41-14-10-13-37-27-35-11-8-9-12-36(35)28-40(37)41/h6-28,30-31,44H,1-2H2,3-5H3. The highest BCUT2D eigenvalue weighted by atomic mass is 16.6. The van der Waals surface area contributed by atoms with E-state index in [-0.39, 0.29) is 0 Å². The van der Waals surface area contributed by atoms with Gasteiger partial charge in [0.15, 0.2) is 0 Å². The highest BCUT2D eigenvalue weighted by molar-refractivity contribution is 6.06. The SMILES string of the molecule is C=CC(=O)OC(C)C(c1ccc(-c2ccc(N(c3ccc(C)cc3)c3cccc4cc5ccccc5cc34)cc2)cc1)C(C)OC(=O)C=C. The molecule has 49 heavy (non-hydrogen) atoms. The summed E-state index contributed by atoms with van der Waals surface area (Å²) in [7, 11) is 0. The van der Waals surface area contributed by atoms with Gasteiger partial charge in [-0.15, -0.1) is 0 Å². The molecule has 0 N–H and O–H groups in total. The second-order valence-electron chi connectivity index (χ2n) is 12.3. The maximum absolute atomic E-state index is 12.0. The molecule has 5 heteroatoms. The van der Waals surface area contributed by atoms with Crippen molar-refractivity contribution in [1.29, 1.82) is 0 Å². The van der Waals surface area contributed by atoms with Gasteiger partial charge >= 0.3 is 11.9 Å². The topological polar surface area (TPSA) is 55.8 Å². The summed E-state index contributed by atoms with van der Waals surface area (Å²) in [5.74, 6) is -1.47. The van der Waals surface area contributed by atoms with Crippen molar-refractivity contribution in [3.05, 3.63) is 164 Å². The fourth-order valence-corrected chi connectivity index (χ4v) is 6.50. The van der Waals surface area contributed by atoms with E-state index in [1.165, 1.54) is 27.1 Å². The van der Waals surface area contributed by atoms with Crippen LogP contribution in [0.25, 0.3) is 32.7 Å². The number of hydrogen-bond acceptors (Lipinski definition) is 5. The average Bonchev–Trinajstić information content (AvgIpc) is 3.12. The molecule has 0 aliphatic carbocycles. The summed E-state index contributed by atoms with van der Waals surface area (Å²) in [5.41, 5.74) is 7.38. The number of hydrogen-bond donors (Lipinski definition) is 0. The molecule has 244 valence electrons. The first kappa shape index (κ1) is 33.0. The summed E-state index contributed by atoms with van der Waals surface area (Å²) < 4.78 is 11.1. The number of rotatable bonds is 11. The Morgan fingerprint density at radius 2 is 1.10 bits per heavy atom. The maximum atomic E-state index is 12.0. The molecule has 0 bridgehead atoms. The van der Waals surface area contributed by atoms with Gasteiger partial charge in [0, 0.05) is 28.9 Å². The van der Waals surface area contributed by atoms with Crippen molar-refractivity contribution in [1.82, 2.24) is 0 Å². The predicted molar refractivity (Wildman–Crippen MR) is 201 cm³/mol. The van der Waals surface area contributed by atoms with Crippen molar-refractivity contribution in [2.75, 3.05) is 4.90 Å². The molecule has 0 heterocycles. The summed E-state index contributed by atoms with van der Waals surface area (Å²) >= 11 is 0. The zero-order chi connectivity index (χ0) is 34.5. The summed E-state index contributed by atoms with van der Waals surface area (Å²) in [4.78, 5) is 26.3. The fraction of sp³-hybridized carbons (Fsp3) is 0.136. The van der Waals surface area contributed by atoms with Crippen LogP contribution in [-0.4, -0.2) is 24.1 Å². The lowest BCUT2D eigenvalue weighted by Gasteiger charge is -2.29. The third kappa shape index (κ3) is 7.16. The number of fused-ring (bicyclic) bond motifs is 2. The van der Waals surface area contributed by atoms with E-state index < -0.39 is 30.1 Å². The smallest absolute Gasteiger partial charge is 0.330 e. The van der Waals surface area contributed by atoms with Crippen LogP contribution in [0.5, 0.6) is 0 Å². The molecule has 0 aliphatic rings. The minimum absolute atomic E-state index is 0.398. The summed E-state index contributed by atoms with van der Waals surface area (Å²) in [6, 6.07) is 44.7. The van der Waals surface area contributed by atoms with Crippen LogP contribution in [0.3, 0.4) is 0 Å². The third-order valence-electron chi connectivity index (χ3n) is 8.96. The van der Waals surface area contributed by atoms with Gasteiger partial charge in [-0.3, -0.25) is 0 Å². The van der Waals surface area contributed by atoms with E-state index in [2.05, 4.69) is 128 Å². The molecule has 6 rings (SSSR count). The van der Waals surface area contributed by atoms with Crippen molar-refractivity contribution in [3.8, 4) is 11.1 Å². The van der Waals surface area contributed by atoms with Crippen molar-refractivity contribution < 1.29 is 19.1 Å². The molecule has 0 saturated heterocycles. The minimum atomic E-state index is -0.567. The van der Waals surface area contributed by atoms with Gasteiger partial charge in [-0.25, -0.2) is 9.59 Å². The number of aryl methyl sites for hydroxylation is 1. The zero-order valence-corrected chi connectivity index (χ0v) is 28.0. The van der Waals surface area contributed by atoms with Gasteiger partial charge < -0.3 is 14.4 Å². The Labute approximate surface area is 287 Å². The van der Waals surface area contributed by atoms with Gasteiger partial charge in [-0.2, -0.15) is 0 Å². The van der Waals surface area contributed by atoms with E-state index >= 15 is 0 Å². The van der Waals surface area contributed by atoms with Gasteiger partial charge in [0.05, 0.1) is 11.6 Å². The number of esters is 2. The molecule has 6 aromatic rings. The lowest BCUT2D eigenvalue weighted by molar-refractivity contribution is -0.149. The van der Waals surface area contributed by atoms with E-state index in [9.17, 15) is 9.59 Å². The van der Waals surface area contributed by atoms with Crippen molar-refractivity contribution >= 4 is 50.5 Å². The Kier molecular flexibility index (Phi) is 9.72. The van der Waals surface area contributed by atoms with Gasteiger partial charge in [0.25, 0.3) is 0 Å². The molecule has 0 spiro atoms. The number of carbonyl (C=O) groups excluding carboxylic acids is 2. The van der Waals surface area contributed by atoms with Crippen LogP contribution in [-0.2, 0) is 19.1 Å². The molecular formula is C44H39NO4. The highest BCUT2D eigenvalue weighted by Crippen LogP contribution is 2.41. The Hall–Kier alpha value is -5.94. The normalized spacial score (nSPS) is 12.9. The molecule has 0 aromatic heterocycles. The van der Waals surface area contributed by atoms with E-state index in [4.69, 9.17) is 9.47 Å². The lowest BCUT2D eigenvalue weighted by Crippen LogP contribution is -2.32. The quantitative estimate of drug-likeness (QED) is 0.0797. The largest absolute Gasteiger partial charge is 0.459 e. The van der Waals surface area contributed by atoms with Crippen LogP contribution < -0.4 is 4.90 Å². The number of anilines is 3. The number of benzene rings is 6. The van der Waals surface area contributed by atoms with Gasteiger partial charge in [-0.05, 0) is 96.1 Å². The van der Waals surface area contributed by atoms with Crippen LogP contribution in [0.15, 0.2) is 153 Å². The van der Waals surface area contributed by atoms with Crippen molar-refractivity contribution in [2.24, 2.45) is 0 Å². The monoisotopic (exact) mass is 645 g/mol. The van der Waals surface area contributed by atoms with Crippen molar-refractivity contribution in [3.63, 3.8) is 0 Å². The zero-order valence-electron chi connectivity index (χ0n) is 28.0. The van der Waals surface area contributed by atoms with E-state index in [0.29, 0.717) is 0 Å². The van der Waals surface area contributed by atoms with Crippen LogP contribution >= 0.6 is 0 Å². The maximum Gasteiger partial charge on any atom is 0.330 e. The van der Waals surface area contributed by atoms with Crippen molar-refractivity contribution in [2.45, 2.75) is 38.9 Å². The molecule has 0 fully saturated rings. The fourth-order valence-electron chi connectivity index (χ4n) is 6.50. The number of ether oxygens (including phenoxy) is 2. The van der Waals surface area contributed by atoms with Gasteiger partial charge in [-0.1, -0.05) is 104 Å². The van der Waals surface area contributed by atoms with Crippen LogP contribution in [0.1, 0.15) is 30.9 Å². The molecule has 0 aliphatic heterocycles. The Balaban J connectivity index is 1.35. The summed E-state index contributed by atoms with van der Waals surface area (Å²) in [6.07, 6.45) is 1.12. The van der Waals surface area contributed by atoms with Crippen LogP contribution in [0.2, 0.25) is 0 Å². The molecule has 5 nitrogen and oxygen atoms in total. The second-order valence-corrected chi connectivity index (χ2v) is 12.3. The molecule has 0 radical (unpaired) electrons. The molecule has 2 atom stereocenters. The van der Waals surface area contributed by atoms with Crippen LogP contribution in [0, 0.1) is 6.92 Å². The summed E-state index contributed by atoms with van der Waals surface area (Å²) in [5, 5.41) is 4.78. The molecule has 0 saturated carbocycles. The average molecular weight is 646 g/mol. The van der Waals surface area contributed by atoms with E-state index in [1.807, 2.05) is 24.3 Å². The predicted octanol–water partition coefficient (Wildman–Crippen LogP) is 10.8. The Bertz CT molecular complexity index is 2100. The Morgan fingerprint density at radius 3 is 1.65 bits per heavy atom. The Morgan fingerprint density at radius 1 is 0.612 bits per heavy atom. The highest BCUT2D eigenvalue weighted by Gasteiger charge is 2.30. The lowest BCUT2D eigenvalue weighted by atomic mass is 9.88. The molecule has 0 amide bonds.